The number of amides is 1. The van der Waals surface area contributed by atoms with Gasteiger partial charge >= 0.3 is 0 Å². The molecule has 88 valence electrons. The van der Waals surface area contributed by atoms with Crippen molar-refractivity contribution in [3.63, 3.8) is 0 Å². The average molecular weight is 376 g/mol. The SMILES string of the molecule is Cc1cc(Br)c(NC(=O)c2cscn2)c(Br)c1. The molecule has 0 saturated heterocycles. The summed E-state index contributed by atoms with van der Waals surface area (Å²) in [6.45, 7) is 1.99. The summed E-state index contributed by atoms with van der Waals surface area (Å²) >= 11 is 8.25. The van der Waals surface area contributed by atoms with Gasteiger partial charge in [-0.3, -0.25) is 4.79 Å². The number of benzene rings is 1. The number of hydrogen-bond acceptors (Lipinski definition) is 3. The van der Waals surface area contributed by atoms with Gasteiger partial charge in [-0.05, 0) is 56.5 Å². The molecule has 0 saturated carbocycles. The molecular weight excluding hydrogens is 368 g/mol. The van der Waals surface area contributed by atoms with E-state index in [9.17, 15) is 4.79 Å². The van der Waals surface area contributed by atoms with Gasteiger partial charge in [0.25, 0.3) is 5.91 Å². The van der Waals surface area contributed by atoms with Crippen LogP contribution in [0.1, 0.15) is 16.1 Å². The first kappa shape index (κ1) is 12.7. The van der Waals surface area contributed by atoms with Gasteiger partial charge in [0.2, 0.25) is 0 Å². The van der Waals surface area contributed by atoms with Crippen molar-refractivity contribution in [2.24, 2.45) is 0 Å². The van der Waals surface area contributed by atoms with Crippen molar-refractivity contribution in [2.45, 2.75) is 6.92 Å². The van der Waals surface area contributed by atoms with Gasteiger partial charge in [-0.1, -0.05) is 0 Å². The molecule has 0 aliphatic heterocycles. The highest BCUT2D eigenvalue weighted by molar-refractivity contribution is 9.11. The maximum atomic E-state index is 11.9. The summed E-state index contributed by atoms with van der Waals surface area (Å²) in [4.78, 5) is 15.8. The van der Waals surface area contributed by atoms with E-state index in [0.717, 1.165) is 14.5 Å². The lowest BCUT2D eigenvalue weighted by atomic mass is 10.2. The van der Waals surface area contributed by atoms with Crippen molar-refractivity contribution in [2.75, 3.05) is 5.32 Å². The Balaban J connectivity index is 2.28. The zero-order valence-corrected chi connectivity index (χ0v) is 12.8. The lowest BCUT2D eigenvalue weighted by Crippen LogP contribution is -2.13. The molecule has 3 nitrogen and oxygen atoms in total. The fraction of sp³-hybridized carbons (Fsp3) is 0.0909. The Morgan fingerprint density at radius 2 is 2.00 bits per heavy atom. The normalized spacial score (nSPS) is 10.3. The molecule has 1 heterocycles. The van der Waals surface area contributed by atoms with Crippen LogP contribution in [0.25, 0.3) is 0 Å². The fourth-order valence-corrected chi connectivity index (χ4v) is 3.47. The first-order chi connectivity index (χ1) is 8.08. The molecule has 6 heteroatoms. The highest BCUT2D eigenvalue weighted by Gasteiger charge is 2.12. The minimum absolute atomic E-state index is 0.212. The number of aromatic nitrogens is 1. The molecule has 0 spiro atoms. The highest BCUT2D eigenvalue weighted by Crippen LogP contribution is 2.32. The third-order valence-electron chi connectivity index (χ3n) is 2.09. The molecule has 0 fully saturated rings. The van der Waals surface area contributed by atoms with E-state index in [-0.39, 0.29) is 5.91 Å². The van der Waals surface area contributed by atoms with E-state index in [4.69, 9.17) is 0 Å². The van der Waals surface area contributed by atoms with Crippen LogP contribution in [0.15, 0.2) is 32.0 Å². The summed E-state index contributed by atoms with van der Waals surface area (Å²) in [7, 11) is 0. The minimum Gasteiger partial charge on any atom is -0.319 e. The molecule has 0 bridgehead atoms. The quantitative estimate of drug-likeness (QED) is 0.853. The van der Waals surface area contributed by atoms with E-state index in [2.05, 4.69) is 42.2 Å². The Morgan fingerprint density at radius 3 is 2.53 bits per heavy atom. The molecule has 2 rings (SSSR count). The zero-order valence-electron chi connectivity index (χ0n) is 8.83. The topological polar surface area (TPSA) is 42.0 Å². The summed E-state index contributed by atoms with van der Waals surface area (Å²) < 4.78 is 1.68. The Kier molecular flexibility index (Phi) is 3.96. The molecular formula is C11H8Br2N2OS. The van der Waals surface area contributed by atoms with Crippen molar-refractivity contribution in [3.8, 4) is 0 Å². The number of thiazole rings is 1. The van der Waals surface area contributed by atoms with Crippen molar-refractivity contribution in [1.29, 1.82) is 0 Å². The third kappa shape index (κ3) is 2.94. The molecule has 0 aliphatic rings. The Hall–Kier alpha value is -0.720. The largest absolute Gasteiger partial charge is 0.319 e. The van der Waals surface area contributed by atoms with E-state index in [0.29, 0.717) is 11.4 Å². The van der Waals surface area contributed by atoms with Crippen LogP contribution in [0.4, 0.5) is 5.69 Å². The number of nitrogens with zero attached hydrogens (tertiary/aromatic N) is 1. The summed E-state index contributed by atoms with van der Waals surface area (Å²) in [6, 6.07) is 3.89. The number of carbonyl (C=O) groups excluding carboxylic acids is 1. The standard InChI is InChI=1S/C11H8Br2N2OS/c1-6-2-7(12)10(8(13)3-6)15-11(16)9-4-17-5-14-9/h2-5H,1H3,(H,15,16). The predicted molar refractivity (Wildman–Crippen MR) is 76.6 cm³/mol. The molecule has 0 aliphatic carbocycles. The first-order valence-corrected chi connectivity index (χ1v) is 7.26. The van der Waals surface area contributed by atoms with Crippen LogP contribution in [0.3, 0.4) is 0 Å². The van der Waals surface area contributed by atoms with Crippen LogP contribution in [0, 0.1) is 6.92 Å². The number of rotatable bonds is 2. The smallest absolute Gasteiger partial charge is 0.275 e. The third-order valence-corrected chi connectivity index (χ3v) is 3.93. The fourth-order valence-electron chi connectivity index (χ4n) is 1.32. The number of hydrogen-bond donors (Lipinski definition) is 1. The maximum absolute atomic E-state index is 11.9. The Labute approximate surface area is 120 Å². The molecule has 0 radical (unpaired) electrons. The van der Waals surface area contributed by atoms with Crippen LogP contribution in [-0.4, -0.2) is 10.9 Å². The summed E-state index contributed by atoms with van der Waals surface area (Å²) in [5.41, 5.74) is 3.88. The van der Waals surface area contributed by atoms with Crippen LogP contribution >= 0.6 is 43.2 Å². The van der Waals surface area contributed by atoms with E-state index < -0.39 is 0 Å². The van der Waals surface area contributed by atoms with Gasteiger partial charge in [-0.2, -0.15) is 0 Å². The van der Waals surface area contributed by atoms with Crippen molar-refractivity contribution in [1.82, 2.24) is 4.98 Å². The van der Waals surface area contributed by atoms with Gasteiger partial charge in [0.1, 0.15) is 5.69 Å². The average Bonchev–Trinajstić information content (AvgIpc) is 2.76. The predicted octanol–water partition coefficient (Wildman–Crippen LogP) is 4.23. The molecule has 1 N–H and O–H groups in total. The van der Waals surface area contributed by atoms with Crippen molar-refractivity contribution in [3.05, 3.63) is 43.2 Å². The van der Waals surface area contributed by atoms with Gasteiger partial charge in [0.15, 0.2) is 0 Å². The van der Waals surface area contributed by atoms with Gasteiger partial charge in [0.05, 0.1) is 11.2 Å². The first-order valence-electron chi connectivity index (χ1n) is 4.73. The maximum Gasteiger partial charge on any atom is 0.275 e. The van der Waals surface area contributed by atoms with E-state index >= 15 is 0 Å². The summed E-state index contributed by atoms with van der Waals surface area (Å²) in [6.07, 6.45) is 0. The lowest BCUT2D eigenvalue weighted by Gasteiger charge is -2.09. The number of halogens is 2. The summed E-state index contributed by atoms with van der Waals surface area (Å²) in [5, 5.41) is 4.53. The van der Waals surface area contributed by atoms with Crippen LogP contribution in [0.2, 0.25) is 0 Å². The van der Waals surface area contributed by atoms with E-state index in [1.54, 1.807) is 10.9 Å². The number of anilines is 1. The second-order valence-corrected chi connectivity index (χ2v) is 5.86. The summed E-state index contributed by atoms with van der Waals surface area (Å²) in [5.74, 6) is -0.212. The van der Waals surface area contributed by atoms with Gasteiger partial charge in [0, 0.05) is 14.3 Å². The molecule has 1 aromatic heterocycles. The van der Waals surface area contributed by atoms with Crippen LogP contribution in [0.5, 0.6) is 0 Å². The number of carbonyl (C=O) groups is 1. The van der Waals surface area contributed by atoms with Gasteiger partial charge in [-0.15, -0.1) is 11.3 Å². The monoisotopic (exact) mass is 374 g/mol. The Morgan fingerprint density at radius 1 is 1.35 bits per heavy atom. The van der Waals surface area contributed by atoms with E-state index in [1.807, 2.05) is 19.1 Å². The molecule has 1 amide bonds. The van der Waals surface area contributed by atoms with Crippen LogP contribution in [-0.2, 0) is 0 Å². The lowest BCUT2D eigenvalue weighted by molar-refractivity contribution is 0.102. The molecule has 1 aromatic carbocycles. The number of aryl methyl sites for hydroxylation is 1. The van der Waals surface area contributed by atoms with Crippen LogP contribution < -0.4 is 5.32 Å². The van der Waals surface area contributed by atoms with Gasteiger partial charge < -0.3 is 5.32 Å². The second kappa shape index (κ2) is 5.29. The second-order valence-electron chi connectivity index (χ2n) is 3.43. The number of nitrogens with one attached hydrogen (secondary N) is 1. The molecule has 0 atom stereocenters. The van der Waals surface area contributed by atoms with Crippen molar-refractivity contribution >= 4 is 54.8 Å². The molecule has 0 unspecified atom stereocenters. The highest BCUT2D eigenvalue weighted by atomic mass is 79.9. The van der Waals surface area contributed by atoms with E-state index in [1.165, 1.54) is 11.3 Å². The zero-order chi connectivity index (χ0) is 12.4. The van der Waals surface area contributed by atoms with Crippen molar-refractivity contribution < 1.29 is 4.79 Å². The Bertz CT molecular complexity index is 532. The van der Waals surface area contributed by atoms with Gasteiger partial charge in [-0.25, -0.2) is 4.98 Å². The minimum atomic E-state index is -0.212. The molecule has 2 aromatic rings. The molecule has 17 heavy (non-hydrogen) atoms.